The Balaban J connectivity index is 1.65. The Kier molecular flexibility index (Phi) is 7.30. The number of terminal acetylenes is 1. The van der Waals surface area contributed by atoms with Crippen LogP contribution in [0.15, 0.2) is 29.2 Å². The maximum atomic E-state index is 12.7. The molecule has 0 bridgehead atoms. The minimum Gasteiger partial charge on any atom is -0.379 e. The Bertz CT molecular complexity index is 834. The maximum absolute atomic E-state index is 12.7. The molecule has 8 heteroatoms. The van der Waals surface area contributed by atoms with E-state index in [0.29, 0.717) is 12.1 Å². The van der Waals surface area contributed by atoms with Crippen molar-refractivity contribution in [3.05, 3.63) is 29.8 Å². The second-order valence-electron chi connectivity index (χ2n) is 7.62. The molecule has 1 saturated carbocycles. The molecule has 2 N–H and O–H groups in total. The van der Waals surface area contributed by atoms with Gasteiger partial charge in [-0.05, 0) is 37.1 Å². The van der Waals surface area contributed by atoms with E-state index in [0.717, 1.165) is 39.1 Å². The number of nitrogens with one attached hydrogen (secondary N) is 2. The van der Waals surface area contributed by atoms with Crippen LogP contribution in [0.5, 0.6) is 0 Å². The number of rotatable bonds is 7. The van der Waals surface area contributed by atoms with Gasteiger partial charge in [-0.2, -0.15) is 4.72 Å². The van der Waals surface area contributed by atoms with Gasteiger partial charge < -0.3 is 10.1 Å². The Morgan fingerprint density at radius 1 is 1.14 bits per heavy atom. The largest absolute Gasteiger partial charge is 0.379 e. The first-order valence-electron chi connectivity index (χ1n) is 10.1. The van der Waals surface area contributed by atoms with Crippen LogP contribution in [0.1, 0.15) is 42.5 Å². The Morgan fingerprint density at radius 3 is 2.41 bits per heavy atom. The van der Waals surface area contributed by atoms with Crippen LogP contribution in [0, 0.1) is 12.3 Å². The first kappa shape index (κ1) is 21.8. The Morgan fingerprint density at radius 2 is 1.79 bits per heavy atom. The highest BCUT2D eigenvalue weighted by Gasteiger charge is 2.38. The van der Waals surface area contributed by atoms with Gasteiger partial charge in [0.1, 0.15) is 0 Å². The van der Waals surface area contributed by atoms with Gasteiger partial charge in [-0.25, -0.2) is 8.42 Å². The van der Waals surface area contributed by atoms with Gasteiger partial charge in [-0.1, -0.05) is 25.2 Å². The zero-order valence-electron chi connectivity index (χ0n) is 16.7. The summed E-state index contributed by atoms with van der Waals surface area (Å²) in [5.41, 5.74) is 0.425. The molecule has 1 aromatic rings. The molecule has 1 aromatic carbocycles. The van der Waals surface area contributed by atoms with E-state index in [1.807, 2.05) is 0 Å². The minimum atomic E-state index is -3.66. The summed E-state index contributed by atoms with van der Waals surface area (Å²) in [5, 5.41) is 3.09. The fourth-order valence-corrected chi connectivity index (χ4v) is 5.14. The van der Waals surface area contributed by atoms with Crippen LogP contribution in [0.25, 0.3) is 0 Å². The van der Waals surface area contributed by atoms with Crippen molar-refractivity contribution in [3.63, 3.8) is 0 Å². The van der Waals surface area contributed by atoms with Crippen molar-refractivity contribution >= 4 is 15.9 Å². The molecule has 0 aromatic heterocycles. The molecule has 1 saturated heterocycles. The summed E-state index contributed by atoms with van der Waals surface area (Å²) in [7, 11) is -3.66. The maximum Gasteiger partial charge on any atom is 0.251 e. The molecule has 1 heterocycles. The van der Waals surface area contributed by atoms with Gasteiger partial charge in [0.2, 0.25) is 10.0 Å². The molecule has 0 spiro atoms. The lowest BCUT2D eigenvalue weighted by Gasteiger charge is -2.48. The summed E-state index contributed by atoms with van der Waals surface area (Å²) in [6.45, 7) is 3.78. The highest BCUT2D eigenvalue weighted by Crippen LogP contribution is 2.34. The van der Waals surface area contributed by atoms with E-state index in [1.54, 1.807) is 0 Å². The summed E-state index contributed by atoms with van der Waals surface area (Å²) in [5.74, 6) is 2.04. The third-order valence-electron chi connectivity index (χ3n) is 5.84. The first-order valence-corrected chi connectivity index (χ1v) is 11.6. The van der Waals surface area contributed by atoms with E-state index < -0.39 is 10.0 Å². The van der Waals surface area contributed by atoms with Crippen LogP contribution in [-0.4, -0.2) is 64.2 Å². The zero-order chi connectivity index (χ0) is 20.7. The summed E-state index contributed by atoms with van der Waals surface area (Å²) in [6, 6.07) is 5.91. The number of hydrogen-bond acceptors (Lipinski definition) is 5. The van der Waals surface area contributed by atoms with E-state index >= 15 is 0 Å². The van der Waals surface area contributed by atoms with Gasteiger partial charge in [0.05, 0.1) is 24.7 Å². The lowest BCUT2D eigenvalue weighted by molar-refractivity contribution is -0.0361. The second kappa shape index (κ2) is 9.72. The van der Waals surface area contributed by atoms with E-state index in [-0.39, 0.29) is 22.9 Å². The topological polar surface area (TPSA) is 87.7 Å². The molecule has 0 atom stereocenters. The van der Waals surface area contributed by atoms with Gasteiger partial charge in [0, 0.05) is 30.7 Å². The van der Waals surface area contributed by atoms with Crippen molar-refractivity contribution in [2.75, 3.05) is 39.4 Å². The average Bonchev–Trinajstić information content (AvgIpc) is 2.77. The molecule has 0 unspecified atom stereocenters. The summed E-state index contributed by atoms with van der Waals surface area (Å²) >= 11 is 0. The van der Waals surface area contributed by atoms with Crippen molar-refractivity contribution in [3.8, 4) is 12.3 Å². The van der Waals surface area contributed by atoms with Gasteiger partial charge in [0.25, 0.3) is 5.91 Å². The van der Waals surface area contributed by atoms with Crippen LogP contribution in [0.4, 0.5) is 0 Å². The van der Waals surface area contributed by atoms with E-state index in [9.17, 15) is 13.2 Å². The van der Waals surface area contributed by atoms with Crippen molar-refractivity contribution in [1.82, 2.24) is 14.9 Å². The predicted octanol–water partition coefficient (Wildman–Crippen LogP) is 1.36. The molecule has 29 heavy (non-hydrogen) atoms. The average molecular weight is 420 g/mol. The number of hydrogen-bond donors (Lipinski definition) is 2. The molecule has 7 nitrogen and oxygen atoms in total. The fourth-order valence-electron chi connectivity index (χ4n) is 4.20. The van der Waals surface area contributed by atoms with Crippen LogP contribution in [0.3, 0.4) is 0 Å². The predicted molar refractivity (Wildman–Crippen MR) is 111 cm³/mol. The van der Waals surface area contributed by atoms with Gasteiger partial charge >= 0.3 is 0 Å². The molecule has 1 amide bonds. The number of sulfonamides is 1. The molecule has 1 aliphatic carbocycles. The molecular weight excluding hydrogens is 390 g/mol. The third-order valence-corrected chi connectivity index (χ3v) is 7.25. The minimum absolute atomic E-state index is 0.0138. The van der Waals surface area contributed by atoms with Crippen LogP contribution in [-0.2, 0) is 14.8 Å². The lowest BCUT2D eigenvalue weighted by Crippen LogP contribution is -2.59. The van der Waals surface area contributed by atoms with Gasteiger partial charge in [-0.15, -0.1) is 6.42 Å². The molecule has 3 rings (SSSR count). The van der Waals surface area contributed by atoms with Crippen molar-refractivity contribution in [2.45, 2.75) is 42.5 Å². The quantitative estimate of drug-likeness (QED) is 0.652. The zero-order valence-corrected chi connectivity index (χ0v) is 17.5. The lowest BCUT2D eigenvalue weighted by atomic mass is 9.79. The molecule has 158 valence electrons. The number of carbonyl (C=O) groups excluding carboxylic acids is 1. The summed E-state index contributed by atoms with van der Waals surface area (Å²) in [4.78, 5) is 15.3. The third kappa shape index (κ3) is 5.37. The number of nitrogens with zero attached hydrogens (tertiary/aromatic N) is 1. The van der Waals surface area contributed by atoms with Gasteiger partial charge in [-0.3, -0.25) is 9.69 Å². The van der Waals surface area contributed by atoms with E-state index in [2.05, 4.69) is 20.9 Å². The highest BCUT2D eigenvalue weighted by atomic mass is 32.2. The normalized spacial score (nSPS) is 20.0. The standard InChI is InChI=1S/C21H29N3O4S/c1-2-12-23-29(26,27)19-8-6-18(7-9-19)20(25)22-17-21(10-4-3-5-11-21)24-13-15-28-16-14-24/h1,6-9,23H,3-5,10-17H2,(H,22,25). The number of morpholine rings is 1. The molecule has 2 fully saturated rings. The highest BCUT2D eigenvalue weighted by molar-refractivity contribution is 7.89. The number of amides is 1. The Hall–Kier alpha value is -1.92. The SMILES string of the molecule is C#CCNS(=O)(=O)c1ccc(C(=O)NCC2(N3CCOCC3)CCCCC2)cc1. The molecule has 2 aliphatic rings. The number of benzene rings is 1. The van der Waals surface area contributed by atoms with Crippen LogP contribution in [0.2, 0.25) is 0 Å². The fraction of sp³-hybridized carbons (Fsp3) is 0.571. The molecule has 0 radical (unpaired) electrons. The summed E-state index contributed by atoms with van der Waals surface area (Å²) in [6.07, 6.45) is 10.8. The van der Waals surface area contributed by atoms with Gasteiger partial charge in [0.15, 0.2) is 0 Å². The van der Waals surface area contributed by atoms with Crippen LogP contribution < -0.4 is 10.0 Å². The monoisotopic (exact) mass is 419 g/mol. The summed E-state index contributed by atoms with van der Waals surface area (Å²) < 4.78 is 32.0. The van der Waals surface area contributed by atoms with E-state index in [1.165, 1.54) is 43.5 Å². The van der Waals surface area contributed by atoms with Crippen molar-refractivity contribution in [1.29, 1.82) is 0 Å². The van der Waals surface area contributed by atoms with Crippen molar-refractivity contribution < 1.29 is 17.9 Å². The first-order chi connectivity index (χ1) is 14.0. The Labute approximate surface area is 173 Å². The van der Waals surface area contributed by atoms with E-state index in [4.69, 9.17) is 11.2 Å². The molecular formula is C21H29N3O4S. The smallest absolute Gasteiger partial charge is 0.251 e. The molecule has 1 aliphatic heterocycles. The van der Waals surface area contributed by atoms with Crippen molar-refractivity contribution in [2.24, 2.45) is 0 Å². The van der Waals surface area contributed by atoms with Crippen LogP contribution >= 0.6 is 0 Å². The second-order valence-corrected chi connectivity index (χ2v) is 9.39. The number of carbonyl (C=O) groups is 1. The number of ether oxygens (including phenoxy) is 1.